The van der Waals surface area contributed by atoms with E-state index in [-0.39, 0.29) is 23.4 Å². The molecule has 3 nitrogen and oxygen atoms in total. The third kappa shape index (κ3) is 2.42. The molecule has 1 saturated heterocycles. The maximum atomic E-state index is 12.0. The fraction of sp³-hybridized carbons (Fsp3) is 0.385. The third-order valence-corrected chi connectivity index (χ3v) is 4.35. The molecule has 4 heteroatoms. The number of benzene rings is 1. The first kappa shape index (κ1) is 12.3. The zero-order valence-electron chi connectivity index (χ0n) is 9.55. The van der Waals surface area contributed by atoms with E-state index >= 15 is 0 Å². The minimum absolute atomic E-state index is 0.00209. The predicted molar refractivity (Wildman–Crippen MR) is 66.7 cm³/mol. The van der Waals surface area contributed by atoms with Crippen molar-refractivity contribution in [1.29, 1.82) is 0 Å². The molecule has 2 rings (SSSR count). The lowest BCUT2D eigenvalue weighted by molar-refractivity contribution is -0.129. The molecule has 0 bridgehead atoms. The first-order valence-electron chi connectivity index (χ1n) is 5.49. The first-order chi connectivity index (χ1) is 8.13. The zero-order valence-corrected chi connectivity index (χ0v) is 10.4. The molecule has 0 amide bonds. The number of Topliss-reactive ketones (excluding diaryl/α,β-unsaturated/α-hetero) is 2. The first-order valence-corrected chi connectivity index (χ1v) is 6.54. The molecular weight excluding hydrogens is 236 g/mol. The topological polar surface area (TPSA) is 54.4 Å². The molecule has 17 heavy (non-hydrogen) atoms. The average molecular weight is 250 g/mol. The Labute approximate surface area is 104 Å². The number of thioether (sulfide) groups is 1. The van der Waals surface area contributed by atoms with Gasteiger partial charge in [-0.3, -0.25) is 9.59 Å². The van der Waals surface area contributed by atoms with Crippen molar-refractivity contribution < 1.29 is 14.7 Å². The highest BCUT2D eigenvalue weighted by atomic mass is 32.2. The van der Waals surface area contributed by atoms with E-state index in [1.165, 1.54) is 18.7 Å². The summed E-state index contributed by atoms with van der Waals surface area (Å²) in [7, 11) is 0. The number of carbonyl (C=O) groups excluding carboxylic acids is 2. The van der Waals surface area contributed by atoms with Crippen LogP contribution in [0.15, 0.2) is 24.3 Å². The Bertz CT molecular complexity index is 438. The van der Waals surface area contributed by atoms with Crippen molar-refractivity contribution in [2.75, 3.05) is 5.75 Å². The molecule has 1 aromatic carbocycles. The summed E-state index contributed by atoms with van der Waals surface area (Å²) < 4.78 is 0. The Hall–Kier alpha value is -1.13. The highest BCUT2D eigenvalue weighted by molar-refractivity contribution is 8.00. The van der Waals surface area contributed by atoms with E-state index in [1.54, 1.807) is 0 Å². The van der Waals surface area contributed by atoms with Crippen LogP contribution in [-0.4, -0.2) is 22.4 Å². The molecule has 1 heterocycles. The van der Waals surface area contributed by atoms with E-state index in [4.69, 9.17) is 5.11 Å². The summed E-state index contributed by atoms with van der Waals surface area (Å²) in [4.78, 5) is 23.3. The molecule has 1 fully saturated rings. The van der Waals surface area contributed by atoms with Gasteiger partial charge in [0.1, 0.15) is 5.78 Å². The minimum atomic E-state index is -0.442. The molecule has 0 aromatic heterocycles. The number of rotatable bonds is 3. The van der Waals surface area contributed by atoms with Gasteiger partial charge in [0.25, 0.3) is 0 Å². The van der Waals surface area contributed by atoms with Gasteiger partial charge in [-0.05, 0) is 18.1 Å². The molecule has 2 unspecified atom stereocenters. The Morgan fingerprint density at radius 3 is 2.53 bits per heavy atom. The molecule has 1 N–H and O–H groups in total. The Balaban J connectivity index is 2.18. The Morgan fingerprint density at radius 1 is 1.41 bits per heavy atom. The van der Waals surface area contributed by atoms with Crippen LogP contribution in [0.1, 0.15) is 23.3 Å². The van der Waals surface area contributed by atoms with Crippen LogP contribution in [-0.2, 0) is 16.2 Å². The number of aliphatic hydroxyl groups excluding tert-OH is 1. The summed E-state index contributed by atoms with van der Waals surface area (Å²) in [6, 6.07) is 7.32. The number of hydrogen-bond acceptors (Lipinski definition) is 4. The SMILES string of the molecule is CC(=O)C1CSC(c2ccc(CO)cc2)C1=O. The maximum absolute atomic E-state index is 12.0. The van der Waals surface area contributed by atoms with Gasteiger partial charge in [-0.2, -0.15) is 0 Å². The monoisotopic (exact) mass is 250 g/mol. The van der Waals surface area contributed by atoms with E-state index < -0.39 is 5.92 Å². The quantitative estimate of drug-likeness (QED) is 0.830. The van der Waals surface area contributed by atoms with Crippen molar-refractivity contribution in [1.82, 2.24) is 0 Å². The molecule has 1 aliphatic rings. The summed E-state index contributed by atoms with van der Waals surface area (Å²) in [6.45, 7) is 1.47. The summed E-state index contributed by atoms with van der Waals surface area (Å²) >= 11 is 1.52. The lowest BCUT2D eigenvalue weighted by Gasteiger charge is -2.09. The van der Waals surface area contributed by atoms with Crippen LogP contribution >= 0.6 is 11.8 Å². The van der Waals surface area contributed by atoms with Gasteiger partial charge in [0, 0.05) is 5.75 Å². The van der Waals surface area contributed by atoms with Gasteiger partial charge in [-0.1, -0.05) is 24.3 Å². The highest BCUT2D eigenvalue weighted by Gasteiger charge is 2.38. The van der Waals surface area contributed by atoms with Crippen molar-refractivity contribution in [2.24, 2.45) is 5.92 Å². The van der Waals surface area contributed by atoms with Gasteiger partial charge in [-0.15, -0.1) is 11.8 Å². The van der Waals surface area contributed by atoms with Crippen molar-refractivity contribution in [3.05, 3.63) is 35.4 Å². The molecule has 1 aromatic rings. The molecule has 2 atom stereocenters. The van der Waals surface area contributed by atoms with Gasteiger partial charge in [0.15, 0.2) is 5.78 Å². The molecule has 0 saturated carbocycles. The second kappa shape index (κ2) is 5.02. The van der Waals surface area contributed by atoms with Crippen LogP contribution in [0.5, 0.6) is 0 Å². The fourth-order valence-electron chi connectivity index (χ4n) is 1.92. The summed E-state index contributed by atoms with van der Waals surface area (Å²) in [5.74, 6) is 0.111. The molecule has 0 spiro atoms. The normalized spacial score (nSPS) is 24.0. The van der Waals surface area contributed by atoms with Crippen LogP contribution in [0, 0.1) is 5.92 Å². The van der Waals surface area contributed by atoms with Crippen LogP contribution < -0.4 is 0 Å². The number of ketones is 2. The molecule has 0 aliphatic carbocycles. The second-order valence-electron chi connectivity index (χ2n) is 4.18. The number of aliphatic hydroxyl groups is 1. The number of hydrogen-bond donors (Lipinski definition) is 1. The van der Waals surface area contributed by atoms with Gasteiger partial charge in [-0.25, -0.2) is 0 Å². The molecule has 1 aliphatic heterocycles. The molecule has 0 radical (unpaired) electrons. The third-order valence-electron chi connectivity index (χ3n) is 2.99. The summed E-state index contributed by atoms with van der Waals surface area (Å²) in [5, 5.41) is 8.72. The second-order valence-corrected chi connectivity index (χ2v) is 5.32. The van der Waals surface area contributed by atoms with Gasteiger partial charge in [0.05, 0.1) is 17.8 Å². The van der Waals surface area contributed by atoms with Gasteiger partial charge in [0.2, 0.25) is 0 Å². The maximum Gasteiger partial charge on any atom is 0.161 e. The van der Waals surface area contributed by atoms with E-state index in [1.807, 2.05) is 24.3 Å². The standard InChI is InChI=1S/C13H14O3S/c1-8(15)11-7-17-13(12(11)16)10-4-2-9(6-14)3-5-10/h2-5,11,13-14H,6-7H2,1H3. The lowest BCUT2D eigenvalue weighted by Crippen LogP contribution is -2.20. The van der Waals surface area contributed by atoms with Crippen molar-refractivity contribution in [2.45, 2.75) is 18.8 Å². The van der Waals surface area contributed by atoms with Crippen LogP contribution in [0.2, 0.25) is 0 Å². The highest BCUT2D eigenvalue weighted by Crippen LogP contribution is 2.40. The Morgan fingerprint density at radius 2 is 2.06 bits per heavy atom. The fourth-order valence-corrected chi connectivity index (χ4v) is 3.38. The van der Waals surface area contributed by atoms with Gasteiger partial charge >= 0.3 is 0 Å². The van der Waals surface area contributed by atoms with E-state index in [0.717, 1.165) is 11.1 Å². The predicted octanol–water partition coefficient (Wildman–Crippen LogP) is 1.74. The summed E-state index contributed by atoms with van der Waals surface area (Å²) in [5.41, 5.74) is 1.74. The Kier molecular flexibility index (Phi) is 3.64. The minimum Gasteiger partial charge on any atom is -0.392 e. The lowest BCUT2D eigenvalue weighted by atomic mass is 9.96. The van der Waals surface area contributed by atoms with E-state index in [0.29, 0.717) is 5.75 Å². The van der Waals surface area contributed by atoms with Crippen molar-refractivity contribution >= 4 is 23.3 Å². The van der Waals surface area contributed by atoms with Gasteiger partial charge < -0.3 is 5.11 Å². The average Bonchev–Trinajstić information content (AvgIpc) is 2.71. The zero-order chi connectivity index (χ0) is 12.4. The number of carbonyl (C=O) groups is 2. The smallest absolute Gasteiger partial charge is 0.161 e. The van der Waals surface area contributed by atoms with Crippen molar-refractivity contribution in [3.8, 4) is 0 Å². The van der Waals surface area contributed by atoms with Crippen LogP contribution in [0.3, 0.4) is 0 Å². The van der Waals surface area contributed by atoms with E-state index in [9.17, 15) is 9.59 Å². The van der Waals surface area contributed by atoms with E-state index in [2.05, 4.69) is 0 Å². The molecular formula is C13H14O3S. The summed E-state index contributed by atoms with van der Waals surface area (Å²) in [6.07, 6.45) is 0. The molecule has 90 valence electrons. The van der Waals surface area contributed by atoms with Crippen molar-refractivity contribution in [3.63, 3.8) is 0 Å². The largest absolute Gasteiger partial charge is 0.392 e. The van der Waals surface area contributed by atoms with Crippen LogP contribution in [0.25, 0.3) is 0 Å². The van der Waals surface area contributed by atoms with Crippen LogP contribution in [0.4, 0.5) is 0 Å².